The minimum Gasteiger partial charge on any atom is -0.444 e. The fraction of sp³-hybridized carbons (Fsp3) is 0.682. The maximum atomic E-state index is 12.3. The third-order valence-electron chi connectivity index (χ3n) is 4.78. The molecule has 1 aliphatic rings. The van der Waals surface area contributed by atoms with Crippen molar-refractivity contribution >= 4 is 29.7 Å². The van der Waals surface area contributed by atoms with Crippen LogP contribution in [0.3, 0.4) is 0 Å². The molecule has 1 N–H and O–H groups in total. The van der Waals surface area contributed by atoms with E-state index in [9.17, 15) is 9.59 Å². The summed E-state index contributed by atoms with van der Waals surface area (Å²) in [5, 5.41) is 7.93. The number of hydrogen-bond acceptors (Lipinski definition) is 4. The number of carbonyl (C=O) groups excluding carboxylic acids is 2. The second-order valence-corrected chi connectivity index (χ2v) is 9.74. The lowest BCUT2D eigenvalue weighted by Gasteiger charge is -2.34. The average Bonchev–Trinajstić information content (AvgIpc) is 2.89. The van der Waals surface area contributed by atoms with Crippen molar-refractivity contribution in [2.45, 2.75) is 66.5 Å². The number of ether oxygens (including phenoxy) is 1. The normalized spacial score (nSPS) is 17.6. The van der Waals surface area contributed by atoms with Gasteiger partial charge in [0.05, 0.1) is 5.69 Å². The summed E-state index contributed by atoms with van der Waals surface area (Å²) in [4.78, 5) is 26.3. The molecule has 30 heavy (non-hydrogen) atoms. The highest BCUT2D eigenvalue weighted by Gasteiger charge is 2.27. The van der Waals surface area contributed by atoms with E-state index < -0.39 is 5.60 Å². The molecule has 0 spiro atoms. The summed E-state index contributed by atoms with van der Waals surface area (Å²) in [5.74, 6) is 0.455. The lowest BCUT2D eigenvalue weighted by molar-refractivity contribution is -0.116. The molecule has 0 radical (unpaired) electrons. The van der Waals surface area contributed by atoms with Crippen LogP contribution in [-0.4, -0.2) is 51.9 Å². The number of rotatable bonds is 6. The zero-order valence-corrected chi connectivity index (χ0v) is 19.8. The van der Waals surface area contributed by atoms with Gasteiger partial charge < -0.3 is 15.0 Å². The summed E-state index contributed by atoms with van der Waals surface area (Å²) in [5.41, 5.74) is 1.05. The molecule has 2 amide bonds. The SMILES string of the molecule is Cc1nn(CC(C)C)c(Cl)c1C=CC(=O)NCC1CCCN(C(=O)OC(C)(C)C)C1. The number of aromatic nitrogens is 2. The molecule has 8 heteroatoms. The van der Waals surface area contributed by atoms with E-state index in [0.717, 1.165) is 30.6 Å². The van der Waals surface area contributed by atoms with Crippen LogP contribution in [0.15, 0.2) is 6.08 Å². The number of hydrogen-bond donors (Lipinski definition) is 1. The first kappa shape index (κ1) is 24.3. The zero-order chi connectivity index (χ0) is 22.5. The van der Waals surface area contributed by atoms with Crippen LogP contribution in [0.4, 0.5) is 4.79 Å². The van der Waals surface area contributed by atoms with Crippen molar-refractivity contribution in [3.63, 3.8) is 0 Å². The molecule has 168 valence electrons. The first-order valence-corrected chi connectivity index (χ1v) is 11.0. The Morgan fingerprint density at radius 1 is 1.37 bits per heavy atom. The van der Waals surface area contributed by atoms with Crippen molar-refractivity contribution in [2.24, 2.45) is 11.8 Å². The Balaban J connectivity index is 1.87. The van der Waals surface area contributed by atoms with Crippen molar-refractivity contribution in [3.8, 4) is 0 Å². The van der Waals surface area contributed by atoms with E-state index in [0.29, 0.717) is 30.7 Å². The number of nitrogens with one attached hydrogen (secondary N) is 1. The van der Waals surface area contributed by atoms with Gasteiger partial charge in [-0.05, 0) is 58.4 Å². The third-order valence-corrected chi connectivity index (χ3v) is 5.18. The Morgan fingerprint density at radius 2 is 2.07 bits per heavy atom. The molecule has 1 aromatic rings. The van der Waals surface area contributed by atoms with Crippen molar-refractivity contribution in [1.29, 1.82) is 0 Å². The number of nitrogens with zero attached hydrogens (tertiary/aromatic N) is 3. The van der Waals surface area contributed by atoms with Crippen LogP contribution in [-0.2, 0) is 16.1 Å². The lowest BCUT2D eigenvalue weighted by atomic mass is 9.98. The van der Waals surface area contributed by atoms with Gasteiger partial charge in [-0.1, -0.05) is 25.4 Å². The maximum absolute atomic E-state index is 12.3. The van der Waals surface area contributed by atoms with Crippen LogP contribution < -0.4 is 5.32 Å². The van der Waals surface area contributed by atoms with Gasteiger partial charge in [0.2, 0.25) is 5.91 Å². The first-order valence-electron chi connectivity index (χ1n) is 10.6. The van der Waals surface area contributed by atoms with Crippen molar-refractivity contribution < 1.29 is 14.3 Å². The quantitative estimate of drug-likeness (QED) is 0.672. The van der Waals surface area contributed by atoms with E-state index in [1.165, 1.54) is 6.08 Å². The monoisotopic (exact) mass is 438 g/mol. The number of likely N-dealkylation sites (tertiary alicyclic amines) is 1. The van der Waals surface area contributed by atoms with Crippen molar-refractivity contribution in [3.05, 3.63) is 22.5 Å². The largest absolute Gasteiger partial charge is 0.444 e. The van der Waals surface area contributed by atoms with Gasteiger partial charge in [0.25, 0.3) is 0 Å². The van der Waals surface area contributed by atoms with E-state index in [1.807, 2.05) is 27.7 Å². The van der Waals surface area contributed by atoms with E-state index in [4.69, 9.17) is 16.3 Å². The van der Waals surface area contributed by atoms with E-state index in [2.05, 4.69) is 24.3 Å². The third kappa shape index (κ3) is 7.35. The van der Waals surface area contributed by atoms with Crippen LogP contribution in [0.5, 0.6) is 0 Å². The summed E-state index contributed by atoms with van der Waals surface area (Å²) in [6.07, 6.45) is 4.78. The van der Waals surface area contributed by atoms with Gasteiger partial charge in [-0.3, -0.25) is 9.48 Å². The van der Waals surface area contributed by atoms with Crippen LogP contribution in [0.1, 0.15) is 58.7 Å². The number of carbonyl (C=O) groups is 2. The van der Waals surface area contributed by atoms with E-state index in [-0.39, 0.29) is 17.9 Å². The first-order chi connectivity index (χ1) is 14.0. The molecule has 2 rings (SSSR count). The summed E-state index contributed by atoms with van der Waals surface area (Å²) >= 11 is 6.42. The number of halogens is 1. The van der Waals surface area contributed by atoms with Gasteiger partial charge in [-0.2, -0.15) is 5.10 Å². The number of aryl methyl sites for hydroxylation is 1. The zero-order valence-electron chi connectivity index (χ0n) is 19.0. The van der Waals surface area contributed by atoms with Gasteiger partial charge in [-0.15, -0.1) is 0 Å². The summed E-state index contributed by atoms with van der Waals surface area (Å²) in [7, 11) is 0. The summed E-state index contributed by atoms with van der Waals surface area (Å²) < 4.78 is 7.23. The number of piperidine rings is 1. The summed E-state index contributed by atoms with van der Waals surface area (Å²) in [6.45, 7) is 14.2. The minimum atomic E-state index is -0.509. The minimum absolute atomic E-state index is 0.184. The highest BCUT2D eigenvalue weighted by molar-refractivity contribution is 6.31. The van der Waals surface area contributed by atoms with Crippen molar-refractivity contribution in [1.82, 2.24) is 20.0 Å². The Labute approximate surface area is 184 Å². The van der Waals surface area contributed by atoms with E-state index in [1.54, 1.807) is 15.7 Å². The molecule has 2 heterocycles. The predicted molar refractivity (Wildman–Crippen MR) is 119 cm³/mol. The molecule has 0 saturated carbocycles. The fourth-order valence-electron chi connectivity index (χ4n) is 3.41. The highest BCUT2D eigenvalue weighted by Crippen LogP contribution is 2.22. The average molecular weight is 439 g/mol. The van der Waals surface area contributed by atoms with Gasteiger partial charge >= 0.3 is 6.09 Å². The van der Waals surface area contributed by atoms with Gasteiger partial charge in [-0.25, -0.2) is 4.79 Å². The molecule has 1 saturated heterocycles. The molecule has 0 bridgehead atoms. The Kier molecular flexibility index (Phi) is 8.35. The molecule has 1 unspecified atom stereocenters. The molecule has 1 aromatic heterocycles. The van der Waals surface area contributed by atoms with Crippen LogP contribution in [0.2, 0.25) is 5.15 Å². The number of amides is 2. The molecule has 7 nitrogen and oxygen atoms in total. The smallest absolute Gasteiger partial charge is 0.410 e. The Morgan fingerprint density at radius 3 is 2.70 bits per heavy atom. The molecule has 1 atom stereocenters. The van der Waals surface area contributed by atoms with Crippen LogP contribution in [0, 0.1) is 18.8 Å². The van der Waals surface area contributed by atoms with Crippen LogP contribution in [0.25, 0.3) is 6.08 Å². The molecular formula is C22H35ClN4O3. The standard InChI is InChI=1S/C22H35ClN4O3/c1-15(2)13-27-20(23)18(16(3)25-27)9-10-19(28)24-12-17-8-7-11-26(14-17)21(29)30-22(4,5)6/h9-10,15,17H,7-8,11-14H2,1-6H3,(H,24,28). The topological polar surface area (TPSA) is 76.5 Å². The lowest BCUT2D eigenvalue weighted by Crippen LogP contribution is -2.45. The predicted octanol–water partition coefficient (Wildman–Crippen LogP) is 4.28. The Bertz CT molecular complexity index is 780. The molecule has 1 aliphatic heterocycles. The summed E-state index contributed by atoms with van der Waals surface area (Å²) in [6, 6.07) is 0. The Hall–Kier alpha value is -2.02. The van der Waals surface area contributed by atoms with Gasteiger partial charge in [0, 0.05) is 37.8 Å². The van der Waals surface area contributed by atoms with Crippen molar-refractivity contribution in [2.75, 3.05) is 19.6 Å². The maximum Gasteiger partial charge on any atom is 0.410 e. The second-order valence-electron chi connectivity index (χ2n) is 9.38. The van der Waals surface area contributed by atoms with Gasteiger partial charge in [0.1, 0.15) is 10.8 Å². The second kappa shape index (κ2) is 10.3. The van der Waals surface area contributed by atoms with Crippen LogP contribution >= 0.6 is 11.6 Å². The molecular weight excluding hydrogens is 404 g/mol. The van der Waals surface area contributed by atoms with Gasteiger partial charge in [0.15, 0.2) is 0 Å². The molecule has 0 aliphatic carbocycles. The molecule has 1 fully saturated rings. The van der Waals surface area contributed by atoms with E-state index >= 15 is 0 Å². The molecule has 0 aromatic carbocycles. The fourth-order valence-corrected chi connectivity index (χ4v) is 3.72. The highest BCUT2D eigenvalue weighted by atomic mass is 35.5.